The fourth-order valence-electron chi connectivity index (χ4n) is 2.00. The fourth-order valence-corrected chi connectivity index (χ4v) is 4.78. The van der Waals surface area contributed by atoms with E-state index in [1.165, 1.54) is 11.3 Å². The topological polar surface area (TPSA) is 49.4 Å². The number of thiophene rings is 1. The predicted octanol–water partition coefficient (Wildman–Crippen LogP) is 2.62. The molecule has 0 radical (unpaired) electrons. The van der Waals surface area contributed by atoms with E-state index in [-0.39, 0.29) is 17.9 Å². The Balaban J connectivity index is 2.27. The second-order valence-corrected chi connectivity index (χ2v) is 7.70. The van der Waals surface area contributed by atoms with Crippen LogP contribution in [0, 0.1) is 0 Å². The van der Waals surface area contributed by atoms with Crippen molar-refractivity contribution in [2.75, 3.05) is 13.1 Å². The molecule has 4 nitrogen and oxygen atoms in total. The van der Waals surface area contributed by atoms with Crippen molar-refractivity contribution in [3.63, 3.8) is 0 Å². The van der Waals surface area contributed by atoms with Crippen LogP contribution in [-0.2, 0) is 4.79 Å². The first-order valence-electron chi connectivity index (χ1n) is 5.58. The molecule has 2 amide bonds. The van der Waals surface area contributed by atoms with Gasteiger partial charge in [0.15, 0.2) is 0 Å². The first-order chi connectivity index (χ1) is 8.54. The highest BCUT2D eigenvalue weighted by Crippen LogP contribution is 2.33. The van der Waals surface area contributed by atoms with Crippen molar-refractivity contribution >= 4 is 55.0 Å². The molecule has 0 aromatic carbocycles. The van der Waals surface area contributed by atoms with Crippen LogP contribution in [-0.4, -0.2) is 35.8 Å². The van der Waals surface area contributed by atoms with Gasteiger partial charge in [-0.15, -0.1) is 11.3 Å². The van der Waals surface area contributed by atoms with Crippen LogP contribution >= 0.6 is 43.2 Å². The van der Waals surface area contributed by atoms with E-state index in [9.17, 15) is 9.59 Å². The molecule has 1 fully saturated rings. The molecule has 0 aliphatic carbocycles. The maximum Gasteiger partial charge on any atom is 0.256 e. The number of carbonyl (C=O) groups is 2. The molecule has 0 saturated carbocycles. The number of halogens is 2. The number of hydrogen-bond donors (Lipinski definition) is 1. The van der Waals surface area contributed by atoms with Crippen molar-refractivity contribution in [1.82, 2.24) is 10.2 Å². The number of rotatable bonds is 2. The van der Waals surface area contributed by atoms with Crippen molar-refractivity contribution in [2.45, 2.75) is 19.4 Å². The molecular weight excluding hydrogens is 384 g/mol. The van der Waals surface area contributed by atoms with Crippen LogP contribution in [0.1, 0.15) is 23.7 Å². The third kappa shape index (κ3) is 2.62. The molecule has 0 spiro atoms. The molecule has 1 aliphatic heterocycles. The first-order valence-corrected chi connectivity index (χ1v) is 7.98. The second-order valence-electron chi connectivity index (χ2n) is 3.95. The van der Waals surface area contributed by atoms with Gasteiger partial charge in [-0.25, -0.2) is 0 Å². The number of amides is 2. The van der Waals surface area contributed by atoms with E-state index < -0.39 is 0 Å². The maximum absolute atomic E-state index is 12.5. The smallest absolute Gasteiger partial charge is 0.256 e. The van der Waals surface area contributed by atoms with Crippen LogP contribution in [0.4, 0.5) is 0 Å². The Morgan fingerprint density at radius 2 is 2.33 bits per heavy atom. The quantitative estimate of drug-likeness (QED) is 0.836. The summed E-state index contributed by atoms with van der Waals surface area (Å²) in [6.07, 6.45) is 0.625. The van der Waals surface area contributed by atoms with Gasteiger partial charge in [0.25, 0.3) is 5.91 Å². The van der Waals surface area contributed by atoms with E-state index in [0.717, 1.165) is 7.57 Å². The van der Waals surface area contributed by atoms with E-state index in [2.05, 4.69) is 37.2 Å². The minimum Gasteiger partial charge on any atom is -0.353 e. The number of nitrogens with one attached hydrogen (secondary N) is 1. The zero-order valence-electron chi connectivity index (χ0n) is 9.70. The zero-order chi connectivity index (χ0) is 13.3. The van der Waals surface area contributed by atoms with E-state index in [4.69, 9.17) is 0 Å². The summed E-state index contributed by atoms with van der Waals surface area (Å²) in [5.41, 5.74) is 0.611. The SMILES string of the molecule is CCC1C(=O)NCCN1C(=O)c1cc(Br)sc1Br. The Bertz CT molecular complexity index is 489. The van der Waals surface area contributed by atoms with Gasteiger partial charge in [-0.2, -0.15) is 0 Å². The molecule has 1 aromatic rings. The molecule has 7 heteroatoms. The lowest BCUT2D eigenvalue weighted by molar-refractivity contribution is -0.127. The van der Waals surface area contributed by atoms with E-state index >= 15 is 0 Å². The van der Waals surface area contributed by atoms with E-state index in [1.807, 2.05) is 6.92 Å². The average Bonchev–Trinajstić information content (AvgIpc) is 2.67. The van der Waals surface area contributed by atoms with Gasteiger partial charge in [0.2, 0.25) is 5.91 Å². The molecule has 1 N–H and O–H groups in total. The fraction of sp³-hybridized carbons (Fsp3) is 0.455. The summed E-state index contributed by atoms with van der Waals surface area (Å²) >= 11 is 8.20. The van der Waals surface area contributed by atoms with Crippen LogP contribution in [0.2, 0.25) is 0 Å². The second kappa shape index (κ2) is 5.71. The van der Waals surface area contributed by atoms with Crippen molar-refractivity contribution in [1.29, 1.82) is 0 Å². The van der Waals surface area contributed by atoms with Crippen LogP contribution in [0.3, 0.4) is 0 Å². The summed E-state index contributed by atoms with van der Waals surface area (Å²) in [6.45, 7) is 2.99. The normalized spacial score (nSPS) is 19.8. The summed E-state index contributed by atoms with van der Waals surface area (Å²) in [6, 6.07) is 1.42. The van der Waals surface area contributed by atoms with Crippen molar-refractivity contribution in [3.05, 3.63) is 19.2 Å². The zero-order valence-corrected chi connectivity index (χ0v) is 13.7. The lowest BCUT2D eigenvalue weighted by atomic mass is 10.1. The van der Waals surface area contributed by atoms with Crippen molar-refractivity contribution in [3.8, 4) is 0 Å². The van der Waals surface area contributed by atoms with E-state index in [1.54, 1.807) is 11.0 Å². The summed E-state index contributed by atoms with van der Waals surface area (Å²) in [4.78, 5) is 25.8. The Labute approximate surface area is 126 Å². The van der Waals surface area contributed by atoms with Crippen LogP contribution < -0.4 is 5.32 Å². The Morgan fingerprint density at radius 3 is 2.89 bits per heavy atom. The van der Waals surface area contributed by atoms with Gasteiger partial charge in [-0.1, -0.05) is 6.92 Å². The highest BCUT2D eigenvalue weighted by Gasteiger charge is 2.33. The number of piperazine rings is 1. The Hall–Kier alpha value is -0.400. The van der Waals surface area contributed by atoms with Gasteiger partial charge >= 0.3 is 0 Å². The molecule has 1 aromatic heterocycles. The van der Waals surface area contributed by atoms with Gasteiger partial charge in [0, 0.05) is 13.1 Å². The predicted molar refractivity (Wildman–Crippen MR) is 77.8 cm³/mol. The van der Waals surface area contributed by atoms with Crippen LogP contribution in [0.15, 0.2) is 13.6 Å². The van der Waals surface area contributed by atoms with Gasteiger partial charge in [0.05, 0.1) is 13.1 Å². The molecule has 0 bridgehead atoms. The van der Waals surface area contributed by atoms with Gasteiger partial charge < -0.3 is 10.2 Å². The molecule has 2 heterocycles. The molecule has 18 heavy (non-hydrogen) atoms. The first kappa shape index (κ1) is 14.0. The molecule has 1 atom stereocenters. The summed E-state index contributed by atoms with van der Waals surface area (Å²) in [5.74, 6) is -0.159. The average molecular weight is 396 g/mol. The van der Waals surface area contributed by atoms with Gasteiger partial charge in [-0.05, 0) is 44.3 Å². The molecule has 2 rings (SSSR count). The van der Waals surface area contributed by atoms with Crippen LogP contribution in [0.5, 0.6) is 0 Å². The molecule has 1 unspecified atom stereocenters. The van der Waals surface area contributed by atoms with Crippen molar-refractivity contribution in [2.24, 2.45) is 0 Å². The number of nitrogens with zero attached hydrogens (tertiary/aromatic N) is 1. The monoisotopic (exact) mass is 394 g/mol. The molecular formula is C11H12Br2N2O2S. The third-order valence-electron chi connectivity index (χ3n) is 2.87. The summed E-state index contributed by atoms with van der Waals surface area (Å²) in [7, 11) is 0. The standard InChI is InChI=1S/C11H12Br2N2O2S/c1-2-7-10(16)14-3-4-15(7)11(17)6-5-8(12)18-9(6)13/h5,7H,2-4H2,1H3,(H,14,16). The lowest BCUT2D eigenvalue weighted by Crippen LogP contribution is -2.56. The maximum atomic E-state index is 12.5. The minimum atomic E-state index is -0.364. The minimum absolute atomic E-state index is 0.0671. The Morgan fingerprint density at radius 1 is 1.61 bits per heavy atom. The van der Waals surface area contributed by atoms with Crippen LogP contribution in [0.25, 0.3) is 0 Å². The summed E-state index contributed by atoms with van der Waals surface area (Å²) < 4.78 is 1.69. The third-order valence-corrected chi connectivity index (χ3v) is 5.20. The summed E-state index contributed by atoms with van der Waals surface area (Å²) in [5, 5.41) is 2.79. The Kier molecular flexibility index (Phi) is 4.45. The number of hydrogen-bond acceptors (Lipinski definition) is 3. The molecule has 1 aliphatic rings. The molecule has 98 valence electrons. The van der Waals surface area contributed by atoms with E-state index in [0.29, 0.717) is 25.1 Å². The lowest BCUT2D eigenvalue weighted by Gasteiger charge is -2.34. The van der Waals surface area contributed by atoms with Gasteiger partial charge in [0.1, 0.15) is 6.04 Å². The van der Waals surface area contributed by atoms with Gasteiger partial charge in [-0.3, -0.25) is 9.59 Å². The molecule has 1 saturated heterocycles. The highest BCUT2D eigenvalue weighted by molar-refractivity contribution is 9.12. The van der Waals surface area contributed by atoms with Crippen molar-refractivity contribution < 1.29 is 9.59 Å². The highest BCUT2D eigenvalue weighted by atomic mass is 79.9. The number of carbonyl (C=O) groups excluding carboxylic acids is 2. The largest absolute Gasteiger partial charge is 0.353 e.